The van der Waals surface area contributed by atoms with Crippen LogP contribution in [0.25, 0.3) is 11.5 Å². The number of benzene rings is 1. The maximum Gasteiger partial charge on any atom is 0.257 e. The molecule has 0 fully saturated rings. The topological polar surface area (TPSA) is 71.6 Å². The van der Waals surface area contributed by atoms with Crippen LogP contribution in [0.3, 0.4) is 0 Å². The lowest BCUT2D eigenvalue weighted by Gasteiger charge is -2.17. The molecule has 2 aromatic rings. The van der Waals surface area contributed by atoms with E-state index >= 15 is 0 Å². The van der Waals surface area contributed by atoms with Crippen molar-refractivity contribution in [1.82, 2.24) is 15.0 Å². The average Bonchev–Trinajstić information content (AvgIpc) is 2.96. The zero-order valence-corrected chi connectivity index (χ0v) is 12.5. The normalized spacial score (nSPS) is 11.0. The van der Waals surface area contributed by atoms with E-state index in [0.29, 0.717) is 24.8 Å². The number of methoxy groups -OCH3 is 1. The number of hydrogen-bond donors (Lipinski definition) is 1. The number of nitrogens with zero attached hydrogens (tertiary/aromatic N) is 3. The molecule has 0 saturated carbocycles. The Morgan fingerprint density at radius 1 is 1.24 bits per heavy atom. The van der Waals surface area contributed by atoms with Crippen molar-refractivity contribution < 1.29 is 14.4 Å². The quantitative estimate of drug-likeness (QED) is 0.801. The van der Waals surface area contributed by atoms with Gasteiger partial charge < -0.3 is 14.4 Å². The average molecular weight is 291 g/mol. The highest BCUT2D eigenvalue weighted by Crippen LogP contribution is 2.20. The van der Waals surface area contributed by atoms with Crippen LogP contribution in [0.15, 0.2) is 28.8 Å². The van der Waals surface area contributed by atoms with E-state index in [1.165, 1.54) is 0 Å². The van der Waals surface area contributed by atoms with Crippen LogP contribution in [-0.2, 0) is 6.54 Å². The van der Waals surface area contributed by atoms with Crippen molar-refractivity contribution in [3.63, 3.8) is 0 Å². The molecule has 0 aliphatic heterocycles. The number of rotatable bonds is 8. The third kappa shape index (κ3) is 4.27. The number of aromatic nitrogens is 2. The second kappa shape index (κ2) is 7.75. The van der Waals surface area contributed by atoms with Gasteiger partial charge in [0.05, 0.1) is 20.3 Å². The lowest BCUT2D eigenvalue weighted by atomic mass is 10.2. The second-order valence-electron chi connectivity index (χ2n) is 4.74. The van der Waals surface area contributed by atoms with E-state index in [1.807, 2.05) is 24.3 Å². The third-order valence-corrected chi connectivity index (χ3v) is 3.13. The molecule has 0 radical (unpaired) electrons. The SMILES string of the molecule is CCCN(CCO)Cc1noc(-c2ccc(OC)cc2)n1. The predicted molar refractivity (Wildman–Crippen MR) is 78.9 cm³/mol. The molecule has 1 N–H and O–H groups in total. The van der Waals surface area contributed by atoms with Gasteiger partial charge >= 0.3 is 0 Å². The zero-order valence-electron chi connectivity index (χ0n) is 12.5. The first-order valence-electron chi connectivity index (χ1n) is 7.07. The molecule has 114 valence electrons. The zero-order chi connectivity index (χ0) is 15.1. The van der Waals surface area contributed by atoms with Crippen LogP contribution in [0.5, 0.6) is 5.75 Å². The van der Waals surface area contributed by atoms with Crippen LogP contribution in [0, 0.1) is 0 Å². The Bertz CT molecular complexity index is 533. The molecule has 0 bridgehead atoms. The van der Waals surface area contributed by atoms with Gasteiger partial charge in [-0.15, -0.1) is 0 Å². The van der Waals surface area contributed by atoms with E-state index in [2.05, 4.69) is 22.0 Å². The maximum absolute atomic E-state index is 9.06. The summed E-state index contributed by atoms with van der Waals surface area (Å²) in [7, 11) is 1.63. The summed E-state index contributed by atoms with van der Waals surface area (Å²) in [6, 6.07) is 7.48. The summed E-state index contributed by atoms with van der Waals surface area (Å²) in [5, 5.41) is 13.1. The molecule has 0 atom stereocenters. The van der Waals surface area contributed by atoms with Crippen LogP contribution >= 0.6 is 0 Å². The third-order valence-electron chi connectivity index (χ3n) is 3.13. The fraction of sp³-hybridized carbons (Fsp3) is 0.467. The summed E-state index contributed by atoms with van der Waals surface area (Å²) in [6.45, 7) is 4.31. The molecule has 6 nitrogen and oxygen atoms in total. The first kappa shape index (κ1) is 15.5. The Morgan fingerprint density at radius 2 is 2.00 bits per heavy atom. The minimum absolute atomic E-state index is 0.128. The minimum Gasteiger partial charge on any atom is -0.497 e. The van der Waals surface area contributed by atoms with Crippen molar-refractivity contribution in [1.29, 1.82) is 0 Å². The van der Waals surface area contributed by atoms with E-state index in [0.717, 1.165) is 24.3 Å². The van der Waals surface area contributed by atoms with E-state index in [9.17, 15) is 0 Å². The summed E-state index contributed by atoms with van der Waals surface area (Å²) in [4.78, 5) is 6.50. The fourth-order valence-electron chi connectivity index (χ4n) is 2.10. The monoisotopic (exact) mass is 291 g/mol. The lowest BCUT2D eigenvalue weighted by molar-refractivity contribution is 0.186. The number of ether oxygens (including phenoxy) is 1. The van der Waals surface area contributed by atoms with Crippen LogP contribution in [-0.4, -0.2) is 47.0 Å². The summed E-state index contributed by atoms with van der Waals surface area (Å²) >= 11 is 0. The smallest absolute Gasteiger partial charge is 0.257 e. The number of aliphatic hydroxyl groups is 1. The Morgan fingerprint density at radius 3 is 2.62 bits per heavy atom. The Kier molecular flexibility index (Phi) is 5.71. The van der Waals surface area contributed by atoms with Crippen LogP contribution in [0.4, 0.5) is 0 Å². The molecule has 21 heavy (non-hydrogen) atoms. The van der Waals surface area contributed by atoms with Crippen molar-refractivity contribution in [3.8, 4) is 17.2 Å². The van der Waals surface area contributed by atoms with Crippen molar-refractivity contribution in [2.75, 3.05) is 26.8 Å². The highest BCUT2D eigenvalue weighted by molar-refractivity contribution is 5.54. The highest BCUT2D eigenvalue weighted by atomic mass is 16.5. The molecular formula is C15H21N3O3. The maximum atomic E-state index is 9.06. The molecule has 0 unspecified atom stereocenters. The fourth-order valence-corrected chi connectivity index (χ4v) is 2.10. The van der Waals surface area contributed by atoms with Gasteiger partial charge in [-0.05, 0) is 37.2 Å². The number of aliphatic hydroxyl groups excluding tert-OH is 1. The Hall–Kier alpha value is -1.92. The van der Waals surface area contributed by atoms with Gasteiger partial charge in [0.1, 0.15) is 5.75 Å². The first-order chi connectivity index (χ1) is 10.3. The molecule has 1 aromatic carbocycles. The van der Waals surface area contributed by atoms with Crippen molar-refractivity contribution in [2.45, 2.75) is 19.9 Å². The predicted octanol–water partition coefficient (Wildman–Crippen LogP) is 1.95. The molecule has 0 amide bonds. The minimum atomic E-state index is 0.128. The van der Waals surface area contributed by atoms with Gasteiger partial charge in [0.15, 0.2) is 5.82 Å². The van der Waals surface area contributed by atoms with E-state index < -0.39 is 0 Å². The Balaban J connectivity index is 2.05. The largest absolute Gasteiger partial charge is 0.497 e. The van der Waals surface area contributed by atoms with Crippen molar-refractivity contribution in [3.05, 3.63) is 30.1 Å². The van der Waals surface area contributed by atoms with Crippen LogP contribution in [0.2, 0.25) is 0 Å². The Labute approximate surface area is 124 Å². The lowest BCUT2D eigenvalue weighted by Crippen LogP contribution is -2.27. The molecule has 1 aromatic heterocycles. The van der Waals surface area contributed by atoms with E-state index in [-0.39, 0.29) is 6.61 Å². The highest BCUT2D eigenvalue weighted by Gasteiger charge is 2.12. The van der Waals surface area contributed by atoms with Crippen LogP contribution in [0.1, 0.15) is 19.2 Å². The molecule has 2 rings (SSSR count). The second-order valence-corrected chi connectivity index (χ2v) is 4.74. The molecule has 1 heterocycles. The van der Waals surface area contributed by atoms with Crippen LogP contribution < -0.4 is 4.74 Å². The standard InChI is InChI=1S/C15H21N3O3/c1-3-8-18(9-10-19)11-14-16-15(21-17-14)12-4-6-13(20-2)7-5-12/h4-7,19H,3,8-11H2,1-2H3. The number of hydrogen-bond acceptors (Lipinski definition) is 6. The van der Waals surface area contributed by atoms with Gasteiger partial charge in [-0.3, -0.25) is 4.90 Å². The van der Waals surface area contributed by atoms with Gasteiger partial charge in [-0.25, -0.2) is 0 Å². The first-order valence-corrected chi connectivity index (χ1v) is 7.07. The van der Waals surface area contributed by atoms with E-state index in [4.69, 9.17) is 14.4 Å². The molecule has 6 heteroatoms. The van der Waals surface area contributed by atoms with Crippen molar-refractivity contribution >= 4 is 0 Å². The van der Waals surface area contributed by atoms with Gasteiger partial charge in [0, 0.05) is 12.1 Å². The summed E-state index contributed by atoms with van der Waals surface area (Å²) < 4.78 is 10.4. The molecule has 0 saturated heterocycles. The van der Waals surface area contributed by atoms with E-state index in [1.54, 1.807) is 7.11 Å². The summed E-state index contributed by atoms with van der Waals surface area (Å²) in [6.07, 6.45) is 1.02. The van der Waals surface area contributed by atoms with Gasteiger partial charge in [0.2, 0.25) is 0 Å². The van der Waals surface area contributed by atoms with Gasteiger partial charge in [-0.2, -0.15) is 4.98 Å². The van der Waals surface area contributed by atoms with Gasteiger partial charge in [-0.1, -0.05) is 12.1 Å². The molecular weight excluding hydrogens is 270 g/mol. The van der Waals surface area contributed by atoms with Crippen molar-refractivity contribution in [2.24, 2.45) is 0 Å². The summed E-state index contributed by atoms with van der Waals surface area (Å²) in [5.41, 5.74) is 0.860. The summed E-state index contributed by atoms with van der Waals surface area (Å²) in [5.74, 6) is 1.91. The molecule has 0 aliphatic rings. The molecule has 0 spiro atoms. The molecule has 0 aliphatic carbocycles. The van der Waals surface area contributed by atoms with Gasteiger partial charge in [0.25, 0.3) is 5.89 Å².